The maximum absolute atomic E-state index is 12.2. The van der Waals surface area contributed by atoms with Gasteiger partial charge in [-0.3, -0.25) is 4.79 Å². The Hall–Kier alpha value is -1.39. The molecule has 4 heteroatoms. The fourth-order valence-electron chi connectivity index (χ4n) is 2.02. The largest absolute Gasteiger partial charge is 0.372 e. The summed E-state index contributed by atoms with van der Waals surface area (Å²) in [6.07, 6.45) is 0.816. The van der Waals surface area contributed by atoms with Crippen LogP contribution in [0.1, 0.15) is 34.8 Å². The van der Waals surface area contributed by atoms with E-state index in [0.717, 1.165) is 17.5 Å². The molecule has 0 saturated heterocycles. The number of hydrogen-bond acceptors (Lipinski definition) is 3. The Labute approximate surface area is 108 Å². The maximum Gasteiger partial charge on any atom is 0.253 e. The van der Waals surface area contributed by atoms with Crippen molar-refractivity contribution in [1.82, 2.24) is 4.90 Å². The summed E-state index contributed by atoms with van der Waals surface area (Å²) in [6, 6.07) is 5.91. The van der Waals surface area contributed by atoms with Crippen LogP contribution in [0.25, 0.3) is 0 Å². The average molecular weight is 248 g/mol. The molecule has 0 saturated carbocycles. The second-order valence-electron chi connectivity index (χ2n) is 4.97. The first-order valence-corrected chi connectivity index (χ1v) is 6.28. The second kappa shape index (κ2) is 5.50. The van der Waals surface area contributed by atoms with E-state index in [1.54, 1.807) is 4.90 Å². The number of carbonyl (C=O) groups is 1. The monoisotopic (exact) mass is 248 g/mol. The van der Waals surface area contributed by atoms with Crippen LogP contribution >= 0.6 is 0 Å². The topological polar surface area (TPSA) is 55.6 Å². The van der Waals surface area contributed by atoms with Crippen LogP contribution in [-0.2, 0) is 18.0 Å². The quantitative estimate of drug-likeness (QED) is 0.879. The Morgan fingerprint density at radius 1 is 1.44 bits per heavy atom. The van der Waals surface area contributed by atoms with Crippen molar-refractivity contribution < 1.29 is 9.53 Å². The minimum atomic E-state index is 0.0466. The van der Waals surface area contributed by atoms with Gasteiger partial charge in [0.05, 0.1) is 13.2 Å². The molecule has 0 aromatic heterocycles. The molecule has 0 bridgehead atoms. The zero-order valence-corrected chi connectivity index (χ0v) is 11.0. The van der Waals surface area contributed by atoms with Gasteiger partial charge in [-0.15, -0.1) is 0 Å². The molecule has 0 aliphatic carbocycles. The third-order valence-electron chi connectivity index (χ3n) is 3.23. The number of amides is 1. The summed E-state index contributed by atoms with van der Waals surface area (Å²) < 4.78 is 5.35. The van der Waals surface area contributed by atoms with Gasteiger partial charge in [-0.25, -0.2) is 0 Å². The molecule has 1 heterocycles. The van der Waals surface area contributed by atoms with Gasteiger partial charge in [0.1, 0.15) is 0 Å². The fraction of sp³-hybridized carbons (Fsp3) is 0.500. The molecular weight excluding hydrogens is 228 g/mol. The predicted molar refractivity (Wildman–Crippen MR) is 70.2 cm³/mol. The van der Waals surface area contributed by atoms with Gasteiger partial charge >= 0.3 is 0 Å². The molecule has 2 rings (SSSR count). The Morgan fingerprint density at radius 3 is 2.89 bits per heavy atom. The maximum atomic E-state index is 12.2. The second-order valence-corrected chi connectivity index (χ2v) is 4.97. The standard InChI is InChI=1S/C14H20N2O2/c1-10(15)5-6-16(2)14(17)11-3-4-12-8-18-9-13(12)7-11/h3-4,7,10H,5-6,8-9,15H2,1-2H3. The van der Waals surface area contributed by atoms with Crippen molar-refractivity contribution in [3.63, 3.8) is 0 Å². The molecule has 1 atom stereocenters. The molecule has 0 fully saturated rings. The van der Waals surface area contributed by atoms with E-state index >= 15 is 0 Å². The number of benzene rings is 1. The van der Waals surface area contributed by atoms with E-state index in [9.17, 15) is 4.79 Å². The van der Waals surface area contributed by atoms with Gasteiger partial charge < -0.3 is 15.4 Å². The van der Waals surface area contributed by atoms with Crippen LogP contribution < -0.4 is 5.73 Å². The predicted octanol–water partition coefficient (Wildman–Crippen LogP) is 1.53. The van der Waals surface area contributed by atoms with Crippen LogP contribution in [0.15, 0.2) is 18.2 Å². The third kappa shape index (κ3) is 2.89. The van der Waals surface area contributed by atoms with Crippen LogP contribution in [0, 0.1) is 0 Å². The van der Waals surface area contributed by atoms with E-state index < -0.39 is 0 Å². The molecule has 1 amide bonds. The molecule has 18 heavy (non-hydrogen) atoms. The van der Waals surface area contributed by atoms with Gasteiger partial charge in [0, 0.05) is 25.2 Å². The summed E-state index contributed by atoms with van der Waals surface area (Å²) in [7, 11) is 1.81. The Bertz CT molecular complexity index is 443. The van der Waals surface area contributed by atoms with Gasteiger partial charge in [-0.1, -0.05) is 6.07 Å². The van der Waals surface area contributed by atoms with Gasteiger partial charge in [-0.05, 0) is 36.6 Å². The van der Waals surface area contributed by atoms with Gasteiger partial charge in [0.25, 0.3) is 5.91 Å². The highest BCUT2D eigenvalue weighted by Crippen LogP contribution is 2.21. The molecule has 1 aromatic rings. The van der Waals surface area contributed by atoms with Crippen molar-refractivity contribution >= 4 is 5.91 Å². The highest BCUT2D eigenvalue weighted by atomic mass is 16.5. The van der Waals surface area contributed by atoms with Crippen molar-refractivity contribution in [2.45, 2.75) is 32.6 Å². The van der Waals surface area contributed by atoms with Crippen LogP contribution in [0.3, 0.4) is 0 Å². The van der Waals surface area contributed by atoms with Crippen molar-refractivity contribution in [1.29, 1.82) is 0 Å². The lowest BCUT2D eigenvalue weighted by Crippen LogP contribution is -2.31. The summed E-state index contributed by atoms with van der Waals surface area (Å²) in [5, 5.41) is 0. The van der Waals surface area contributed by atoms with Gasteiger partial charge in [0.15, 0.2) is 0 Å². The molecule has 0 radical (unpaired) electrons. The molecule has 1 unspecified atom stereocenters. The number of fused-ring (bicyclic) bond motifs is 1. The number of nitrogens with two attached hydrogens (primary N) is 1. The molecule has 98 valence electrons. The highest BCUT2D eigenvalue weighted by Gasteiger charge is 2.16. The van der Waals surface area contributed by atoms with E-state index in [0.29, 0.717) is 19.8 Å². The van der Waals surface area contributed by atoms with Crippen LogP contribution in [-0.4, -0.2) is 30.4 Å². The van der Waals surface area contributed by atoms with E-state index in [1.807, 2.05) is 32.2 Å². The van der Waals surface area contributed by atoms with E-state index in [-0.39, 0.29) is 11.9 Å². The van der Waals surface area contributed by atoms with E-state index in [1.165, 1.54) is 5.56 Å². The number of carbonyl (C=O) groups excluding carboxylic acids is 1. The third-order valence-corrected chi connectivity index (χ3v) is 3.23. The highest BCUT2D eigenvalue weighted by molar-refractivity contribution is 5.94. The zero-order valence-electron chi connectivity index (χ0n) is 11.0. The first-order valence-electron chi connectivity index (χ1n) is 6.28. The lowest BCUT2D eigenvalue weighted by atomic mass is 10.1. The summed E-state index contributed by atoms with van der Waals surface area (Å²) in [5.74, 6) is 0.0466. The molecular formula is C14H20N2O2. The lowest BCUT2D eigenvalue weighted by molar-refractivity contribution is 0.0791. The first kappa shape index (κ1) is 13.1. The number of hydrogen-bond donors (Lipinski definition) is 1. The smallest absolute Gasteiger partial charge is 0.253 e. The molecule has 2 N–H and O–H groups in total. The van der Waals surface area contributed by atoms with Crippen molar-refractivity contribution in [3.05, 3.63) is 34.9 Å². The Morgan fingerprint density at radius 2 is 2.17 bits per heavy atom. The first-order chi connectivity index (χ1) is 8.58. The molecule has 1 aliphatic rings. The molecule has 1 aliphatic heterocycles. The van der Waals surface area contributed by atoms with E-state index in [2.05, 4.69) is 0 Å². The summed E-state index contributed by atoms with van der Waals surface area (Å²) >= 11 is 0. The van der Waals surface area contributed by atoms with Gasteiger partial charge in [-0.2, -0.15) is 0 Å². The minimum Gasteiger partial charge on any atom is -0.372 e. The summed E-state index contributed by atoms with van der Waals surface area (Å²) in [4.78, 5) is 13.9. The van der Waals surface area contributed by atoms with Crippen molar-refractivity contribution in [3.8, 4) is 0 Å². The normalized spacial score (nSPS) is 15.3. The number of rotatable bonds is 4. The van der Waals surface area contributed by atoms with Crippen molar-refractivity contribution in [2.24, 2.45) is 5.73 Å². The van der Waals surface area contributed by atoms with Crippen molar-refractivity contribution in [2.75, 3.05) is 13.6 Å². The molecule has 4 nitrogen and oxygen atoms in total. The summed E-state index contributed by atoms with van der Waals surface area (Å²) in [6.45, 7) is 3.90. The average Bonchev–Trinajstić information content (AvgIpc) is 2.81. The Balaban J connectivity index is 2.04. The number of ether oxygens (including phenoxy) is 1. The fourth-order valence-corrected chi connectivity index (χ4v) is 2.02. The minimum absolute atomic E-state index is 0.0466. The van der Waals surface area contributed by atoms with Crippen LogP contribution in [0.5, 0.6) is 0 Å². The lowest BCUT2D eigenvalue weighted by Gasteiger charge is -2.18. The van der Waals surface area contributed by atoms with Crippen LogP contribution in [0.4, 0.5) is 0 Å². The summed E-state index contributed by atoms with van der Waals surface area (Å²) in [5.41, 5.74) is 8.74. The van der Waals surface area contributed by atoms with Gasteiger partial charge in [0.2, 0.25) is 0 Å². The van der Waals surface area contributed by atoms with Crippen LogP contribution in [0.2, 0.25) is 0 Å². The van der Waals surface area contributed by atoms with E-state index in [4.69, 9.17) is 10.5 Å². The molecule has 0 spiro atoms. The Kier molecular flexibility index (Phi) is 3.99. The SMILES string of the molecule is CC(N)CCN(C)C(=O)c1ccc2c(c1)COC2. The number of nitrogens with zero attached hydrogens (tertiary/aromatic N) is 1. The molecule has 1 aromatic carbocycles. The zero-order chi connectivity index (χ0) is 13.1.